The van der Waals surface area contributed by atoms with Gasteiger partial charge in [-0.05, 0) is 66.9 Å². The van der Waals surface area contributed by atoms with E-state index < -0.39 is 8.07 Å². The van der Waals surface area contributed by atoms with Crippen molar-refractivity contribution in [2.45, 2.75) is 60.2 Å². The largest absolute Gasteiger partial charge is 0.501 e. The predicted octanol–water partition coefficient (Wildman–Crippen LogP) is 11.5. The van der Waals surface area contributed by atoms with E-state index in [9.17, 15) is 0 Å². The number of aromatic nitrogens is 3. The number of imidazole rings is 1. The third-order valence-corrected chi connectivity index (χ3v) is 11.4. The van der Waals surface area contributed by atoms with Gasteiger partial charge in [-0.2, -0.15) is 0 Å². The summed E-state index contributed by atoms with van der Waals surface area (Å²) in [5, 5.41) is 3.67. The SMILES string of the molecule is CC(C)c1cc(-c2[c-]cccc2)ncc1[Si](C)(C)C.Cc1cc(C)c(-n2c(-c3[c-]ccc4c3oc3ccccc34)nc3ccccc32)c(C)c1.[Ir]. The van der Waals surface area contributed by atoms with Crippen LogP contribution in [0.15, 0.2) is 114 Å². The molecule has 3 heterocycles. The zero-order chi connectivity index (χ0) is 35.2. The van der Waals surface area contributed by atoms with Gasteiger partial charge < -0.3 is 14.0 Å². The minimum atomic E-state index is -1.34. The number of para-hydroxylation sites is 3. The molecule has 259 valence electrons. The van der Waals surface area contributed by atoms with Gasteiger partial charge in [0.1, 0.15) is 5.58 Å². The molecule has 0 N–H and O–H groups in total. The monoisotopic (exact) mass is 862 g/mol. The Balaban J connectivity index is 0.000000194. The molecule has 0 aliphatic heterocycles. The molecule has 8 rings (SSSR count). The van der Waals surface area contributed by atoms with Crippen molar-refractivity contribution in [1.82, 2.24) is 14.5 Å². The Morgan fingerprint density at radius 2 is 1.47 bits per heavy atom. The maximum absolute atomic E-state index is 6.32. The van der Waals surface area contributed by atoms with E-state index in [1.54, 1.807) is 0 Å². The second-order valence-electron chi connectivity index (χ2n) is 14.5. The molecule has 0 amide bonds. The first kappa shape index (κ1) is 36.2. The van der Waals surface area contributed by atoms with Crippen molar-refractivity contribution >= 4 is 46.2 Å². The molecule has 0 fully saturated rings. The van der Waals surface area contributed by atoms with Crippen molar-refractivity contribution in [1.29, 1.82) is 0 Å². The first-order valence-electron chi connectivity index (χ1n) is 17.4. The molecule has 0 aliphatic carbocycles. The van der Waals surface area contributed by atoms with Crippen LogP contribution >= 0.6 is 0 Å². The van der Waals surface area contributed by atoms with Gasteiger partial charge in [0.2, 0.25) is 0 Å². The molecular weight excluding hydrogens is 819 g/mol. The van der Waals surface area contributed by atoms with Gasteiger partial charge in [-0.25, -0.2) is 0 Å². The Hall–Kier alpha value is -4.61. The summed E-state index contributed by atoms with van der Waals surface area (Å²) in [7, 11) is -1.34. The smallest absolute Gasteiger partial charge is 0.120 e. The Bertz CT molecular complexity index is 2470. The van der Waals surface area contributed by atoms with Crippen molar-refractivity contribution in [3.05, 3.63) is 144 Å². The average Bonchev–Trinajstić information content (AvgIpc) is 3.67. The summed E-state index contributed by atoms with van der Waals surface area (Å²) in [4.78, 5) is 9.72. The molecule has 6 heteroatoms. The summed E-state index contributed by atoms with van der Waals surface area (Å²) < 4.78 is 8.58. The fourth-order valence-electron chi connectivity index (χ4n) is 7.08. The van der Waals surface area contributed by atoms with Crippen LogP contribution in [0.1, 0.15) is 42.0 Å². The number of aryl methyl sites for hydroxylation is 3. The molecule has 0 aliphatic rings. The predicted molar refractivity (Wildman–Crippen MR) is 212 cm³/mol. The van der Waals surface area contributed by atoms with E-state index >= 15 is 0 Å². The standard InChI is InChI=1S/C28H21N2O.C17H22NSi.Ir/c1-17-15-18(2)26(19(3)16-17)30-24-13-6-5-12-23(24)29-28(30)22-11-8-10-21-20-9-4-7-14-25(20)31-27(21)22;1-13(2)15-11-16(14-9-7-6-8-10-14)18-12-17(15)19(3,4)5;/h4-10,12-16H,1-3H3;6-9,11-13H,1-5H3;/q2*-1;. The summed E-state index contributed by atoms with van der Waals surface area (Å²) in [6.07, 6.45) is 2.09. The minimum Gasteiger partial charge on any atom is -0.501 e. The van der Waals surface area contributed by atoms with Crippen molar-refractivity contribution in [2.24, 2.45) is 0 Å². The molecule has 0 spiro atoms. The first-order chi connectivity index (χ1) is 24.0. The molecule has 0 unspecified atom stereocenters. The number of rotatable bonds is 5. The molecule has 1 radical (unpaired) electrons. The van der Waals surface area contributed by atoms with Gasteiger partial charge in [-0.15, -0.1) is 54.1 Å². The normalized spacial score (nSPS) is 11.5. The summed E-state index contributed by atoms with van der Waals surface area (Å²) in [6.45, 7) is 18.1. The number of furan rings is 1. The van der Waals surface area contributed by atoms with Crippen LogP contribution in [0.4, 0.5) is 0 Å². The second-order valence-corrected chi connectivity index (χ2v) is 19.6. The van der Waals surface area contributed by atoms with Crippen LogP contribution in [0, 0.1) is 32.9 Å². The summed E-state index contributed by atoms with van der Waals surface area (Å²) >= 11 is 0. The third kappa shape index (κ3) is 7.01. The average molecular weight is 862 g/mol. The maximum Gasteiger partial charge on any atom is 0.120 e. The van der Waals surface area contributed by atoms with Crippen LogP contribution in [0.2, 0.25) is 19.6 Å². The summed E-state index contributed by atoms with van der Waals surface area (Å²) in [5.41, 5.74) is 13.0. The first-order valence-corrected chi connectivity index (χ1v) is 20.9. The molecule has 5 aromatic carbocycles. The Kier molecular flexibility index (Phi) is 10.3. The van der Waals surface area contributed by atoms with E-state index in [1.807, 2.05) is 48.5 Å². The Labute approximate surface area is 316 Å². The molecule has 0 atom stereocenters. The molecule has 8 aromatic rings. The minimum absolute atomic E-state index is 0. The van der Waals surface area contributed by atoms with Crippen LogP contribution in [-0.2, 0) is 20.1 Å². The molecule has 0 saturated heterocycles. The van der Waals surface area contributed by atoms with E-state index in [-0.39, 0.29) is 20.1 Å². The van der Waals surface area contributed by atoms with Gasteiger partial charge in [-0.1, -0.05) is 104 Å². The molecule has 4 nitrogen and oxygen atoms in total. The van der Waals surface area contributed by atoms with Crippen LogP contribution < -0.4 is 5.19 Å². The van der Waals surface area contributed by atoms with E-state index in [2.05, 4.69) is 137 Å². The van der Waals surface area contributed by atoms with Gasteiger partial charge in [0.05, 0.1) is 30.5 Å². The molecule has 3 aromatic heterocycles. The van der Waals surface area contributed by atoms with Crippen molar-refractivity contribution in [3.63, 3.8) is 0 Å². The van der Waals surface area contributed by atoms with E-state index in [0.29, 0.717) is 5.92 Å². The van der Waals surface area contributed by atoms with Gasteiger partial charge in [-0.3, -0.25) is 4.98 Å². The van der Waals surface area contributed by atoms with E-state index in [4.69, 9.17) is 9.40 Å². The molecule has 0 saturated carbocycles. The maximum atomic E-state index is 6.32. The Morgan fingerprint density at radius 1 is 0.765 bits per heavy atom. The molecular formula is C45H43IrN3OSi-2. The number of fused-ring (bicyclic) bond motifs is 4. The van der Waals surface area contributed by atoms with Crippen molar-refractivity contribution in [3.8, 4) is 28.3 Å². The summed E-state index contributed by atoms with van der Waals surface area (Å²) in [5.74, 6) is 1.38. The number of pyridine rings is 1. The van der Waals surface area contributed by atoms with Gasteiger partial charge in [0.15, 0.2) is 0 Å². The van der Waals surface area contributed by atoms with Gasteiger partial charge >= 0.3 is 0 Å². The number of hydrogen-bond acceptors (Lipinski definition) is 3. The molecule has 0 bridgehead atoms. The van der Waals surface area contributed by atoms with Gasteiger partial charge in [0.25, 0.3) is 0 Å². The van der Waals surface area contributed by atoms with E-state index in [1.165, 1.54) is 27.4 Å². The molecule has 51 heavy (non-hydrogen) atoms. The number of nitrogens with zero attached hydrogens (tertiary/aromatic N) is 3. The summed E-state index contributed by atoms with van der Waals surface area (Å²) in [6, 6.07) is 41.9. The fraction of sp³-hybridized carbons (Fsp3) is 0.200. The third-order valence-electron chi connectivity index (χ3n) is 9.33. The van der Waals surface area contributed by atoms with E-state index in [0.717, 1.165) is 61.3 Å². The zero-order valence-corrected chi connectivity index (χ0v) is 33.9. The zero-order valence-electron chi connectivity index (χ0n) is 30.6. The van der Waals surface area contributed by atoms with Crippen LogP contribution in [0.3, 0.4) is 0 Å². The number of hydrogen-bond donors (Lipinski definition) is 0. The van der Waals surface area contributed by atoms with Gasteiger partial charge in [0, 0.05) is 37.4 Å². The van der Waals surface area contributed by atoms with Crippen LogP contribution in [0.5, 0.6) is 0 Å². The van der Waals surface area contributed by atoms with Crippen molar-refractivity contribution in [2.75, 3.05) is 0 Å². The van der Waals surface area contributed by atoms with Crippen LogP contribution in [-0.4, -0.2) is 22.6 Å². The quantitative estimate of drug-likeness (QED) is 0.128. The van der Waals surface area contributed by atoms with Crippen molar-refractivity contribution < 1.29 is 24.5 Å². The Morgan fingerprint density at radius 3 is 2.18 bits per heavy atom. The van der Waals surface area contributed by atoms with Crippen LogP contribution in [0.25, 0.3) is 61.3 Å². The fourth-order valence-corrected chi connectivity index (χ4v) is 8.76. The topological polar surface area (TPSA) is 43.9 Å². The second kappa shape index (κ2) is 14.6. The number of benzene rings is 5.